The second-order valence-electron chi connectivity index (χ2n) is 19.7. The highest BCUT2D eigenvalue weighted by molar-refractivity contribution is 6.39. The number of ether oxygens (including phenoxy) is 2. The van der Waals surface area contributed by atoms with Crippen LogP contribution >= 0.6 is 0 Å². The van der Waals surface area contributed by atoms with Gasteiger partial charge in [0, 0.05) is 49.7 Å². The lowest BCUT2D eigenvalue weighted by molar-refractivity contribution is -0.265. The van der Waals surface area contributed by atoms with Gasteiger partial charge in [-0.1, -0.05) is 71.1 Å². The number of aliphatic hydroxyl groups is 6. The van der Waals surface area contributed by atoms with E-state index in [1.807, 2.05) is 26.0 Å². The fraction of sp³-hybridized carbons (Fsp3) is 0.740. The molecule has 6 N–H and O–H groups in total. The van der Waals surface area contributed by atoms with Crippen LogP contribution in [0.5, 0.6) is 0 Å². The Morgan fingerprint density at radius 2 is 1.56 bits per heavy atom. The van der Waals surface area contributed by atoms with Gasteiger partial charge in [0.25, 0.3) is 11.7 Å². The fourth-order valence-electron chi connectivity index (χ4n) is 10.0. The van der Waals surface area contributed by atoms with E-state index >= 15 is 0 Å². The van der Waals surface area contributed by atoms with E-state index in [4.69, 9.17) is 9.47 Å². The number of cyclic esters (lactones) is 1. The number of hydrogen-bond donors (Lipinski definition) is 6. The van der Waals surface area contributed by atoms with Crippen molar-refractivity contribution in [2.24, 2.45) is 47.3 Å². The van der Waals surface area contributed by atoms with Crippen molar-refractivity contribution < 1.29 is 64.1 Å². The van der Waals surface area contributed by atoms with E-state index in [0.29, 0.717) is 68.9 Å². The Bertz CT molecular complexity index is 1740. The number of amides is 1. The monoisotopic (exact) mass is 900 g/mol. The molecular formula is C50H77NO13. The number of ketones is 3. The highest BCUT2D eigenvalue weighted by atomic mass is 16.6. The SMILES string of the molecule is C\C1=C/C=C/C=C/[C@@H](C)C[C@@H](C)C(=O)[C@H](CO)[C@H](O)/C(C)=C/[C@@H](C)C(=O)C[C@@H]([C@H](C)C[C@@H]2CC[C@@H](O)[C@H](CO)C2)OC(=O)[C@@H]2CCCCN2C(=O)C(=O)[C@]2(O)O[C@@H](CC[C@H]2C)CC1O. The van der Waals surface area contributed by atoms with Crippen molar-refractivity contribution in [1.29, 1.82) is 0 Å². The third-order valence-corrected chi connectivity index (χ3v) is 14.5. The molecule has 15 atom stereocenters. The number of piperidine rings is 1. The summed E-state index contributed by atoms with van der Waals surface area (Å²) < 4.78 is 12.2. The Kier molecular flexibility index (Phi) is 20.3. The van der Waals surface area contributed by atoms with Crippen LogP contribution in [0.1, 0.15) is 126 Å². The van der Waals surface area contributed by atoms with Crippen LogP contribution in [0.15, 0.2) is 47.6 Å². The van der Waals surface area contributed by atoms with Crippen LogP contribution in [0.3, 0.4) is 0 Å². The van der Waals surface area contributed by atoms with Gasteiger partial charge in [0.05, 0.1) is 36.9 Å². The molecule has 14 nitrogen and oxygen atoms in total. The van der Waals surface area contributed by atoms with E-state index in [0.717, 1.165) is 4.90 Å². The van der Waals surface area contributed by atoms with Gasteiger partial charge in [-0.25, -0.2) is 4.79 Å². The largest absolute Gasteiger partial charge is 0.460 e. The molecule has 1 amide bonds. The molecule has 0 aromatic rings. The first-order valence-corrected chi connectivity index (χ1v) is 23.7. The minimum atomic E-state index is -2.50. The third-order valence-electron chi connectivity index (χ3n) is 14.5. The molecule has 360 valence electrons. The number of fused-ring (bicyclic) bond motifs is 3. The number of carbonyl (C=O) groups is 5. The van der Waals surface area contributed by atoms with E-state index in [9.17, 15) is 54.6 Å². The van der Waals surface area contributed by atoms with Gasteiger partial charge >= 0.3 is 5.97 Å². The van der Waals surface area contributed by atoms with Crippen molar-refractivity contribution in [2.45, 2.75) is 168 Å². The van der Waals surface area contributed by atoms with Crippen molar-refractivity contribution in [2.75, 3.05) is 19.8 Å². The molecule has 2 saturated heterocycles. The number of hydrogen-bond acceptors (Lipinski definition) is 13. The molecule has 4 aliphatic rings. The number of rotatable bonds is 5. The molecular weight excluding hydrogens is 823 g/mol. The van der Waals surface area contributed by atoms with Crippen LogP contribution in [0, 0.1) is 47.3 Å². The van der Waals surface area contributed by atoms with Crippen molar-refractivity contribution in [3.63, 3.8) is 0 Å². The molecule has 2 bridgehead atoms. The normalized spacial score (nSPS) is 40.9. The molecule has 0 aromatic heterocycles. The molecule has 14 heteroatoms. The molecule has 64 heavy (non-hydrogen) atoms. The summed E-state index contributed by atoms with van der Waals surface area (Å²) in [7, 11) is 0. The lowest BCUT2D eigenvalue weighted by Crippen LogP contribution is -2.61. The van der Waals surface area contributed by atoms with Gasteiger partial charge in [0.2, 0.25) is 5.79 Å². The first kappa shape index (κ1) is 53.2. The molecule has 3 aliphatic heterocycles. The van der Waals surface area contributed by atoms with Crippen molar-refractivity contribution in [3.8, 4) is 0 Å². The molecule has 0 spiro atoms. The highest BCUT2D eigenvalue weighted by Gasteiger charge is 2.53. The maximum Gasteiger partial charge on any atom is 0.329 e. The van der Waals surface area contributed by atoms with Crippen molar-refractivity contribution in [1.82, 2.24) is 4.90 Å². The summed E-state index contributed by atoms with van der Waals surface area (Å²) in [5.41, 5.74) is 0.941. The lowest BCUT2D eigenvalue weighted by Gasteiger charge is -2.42. The Balaban J connectivity index is 1.69. The fourth-order valence-corrected chi connectivity index (χ4v) is 10.0. The molecule has 3 heterocycles. The average molecular weight is 900 g/mol. The Labute approximate surface area is 379 Å². The second-order valence-corrected chi connectivity index (χ2v) is 19.7. The number of carbonyl (C=O) groups excluding carboxylic acids is 5. The number of nitrogens with zero attached hydrogens (tertiary/aromatic N) is 1. The summed E-state index contributed by atoms with van der Waals surface area (Å²) in [5, 5.41) is 64.9. The predicted molar refractivity (Wildman–Crippen MR) is 240 cm³/mol. The number of esters is 1. The van der Waals surface area contributed by atoms with E-state index in [-0.39, 0.29) is 67.7 Å². The summed E-state index contributed by atoms with van der Waals surface area (Å²) in [5.74, 6) is -10.0. The number of Topliss-reactive ketones (excluding diaryl/α,β-unsaturated/α-hetero) is 3. The zero-order valence-electron chi connectivity index (χ0n) is 39.1. The topological polar surface area (TPSA) is 228 Å². The number of allylic oxidation sites excluding steroid dienone is 6. The van der Waals surface area contributed by atoms with Crippen LogP contribution in [-0.4, -0.2) is 127 Å². The Hall–Kier alpha value is -3.37. The molecule has 1 unspecified atom stereocenters. The first-order chi connectivity index (χ1) is 30.2. The zero-order valence-corrected chi connectivity index (χ0v) is 39.1. The van der Waals surface area contributed by atoms with Gasteiger partial charge < -0.3 is 45.0 Å². The zero-order chi connectivity index (χ0) is 47.5. The maximum atomic E-state index is 14.3. The van der Waals surface area contributed by atoms with Crippen LogP contribution in [0.2, 0.25) is 0 Å². The summed E-state index contributed by atoms with van der Waals surface area (Å²) in [6.07, 6.45) is 10.4. The third kappa shape index (κ3) is 13.8. The van der Waals surface area contributed by atoms with Gasteiger partial charge in [0.1, 0.15) is 23.7 Å². The molecule has 1 aliphatic carbocycles. The predicted octanol–water partition coefficient (Wildman–Crippen LogP) is 4.71. The molecule has 0 aromatic carbocycles. The van der Waals surface area contributed by atoms with Gasteiger partial charge in [-0.2, -0.15) is 0 Å². The molecule has 1 saturated carbocycles. The quantitative estimate of drug-likeness (QED) is 0.125. The van der Waals surface area contributed by atoms with Gasteiger partial charge in [-0.15, -0.1) is 0 Å². The van der Waals surface area contributed by atoms with E-state index in [1.54, 1.807) is 58.9 Å². The minimum Gasteiger partial charge on any atom is -0.460 e. The Morgan fingerprint density at radius 3 is 2.25 bits per heavy atom. The van der Waals surface area contributed by atoms with Crippen molar-refractivity contribution in [3.05, 3.63) is 47.6 Å². The lowest BCUT2D eigenvalue weighted by atomic mass is 9.75. The van der Waals surface area contributed by atoms with Crippen LogP contribution in [0.4, 0.5) is 0 Å². The number of aliphatic hydroxyl groups excluding tert-OH is 5. The average Bonchev–Trinajstić information content (AvgIpc) is 3.26. The summed E-state index contributed by atoms with van der Waals surface area (Å²) in [6, 6.07) is -1.18. The standard InChI is InChI=1S/C50H77NO13/c1-29-13-9-8-10-14-30(2)42(55)25-38-18-16-35(7)50(62,64-38)47(59)48(60)51-20-12-11-15-40(51)49(61)63-44(32(4)23-36-17-19-41(54)37(24-36)27-52)26-43(56)31(3)22-34(6)46(58)39(28-53)45(57)33(5)21-29/h8-10,13-14,22,29,31-33,35-42,44,46,52-55,58,62H,11-12,15-21,23-28H2,1-7H3/b10-8+,13-9+,30-14+,34-22+/t29-,31-,32-,33-,35-,36+,37+,38+,39+,40+,41-,42?,44+,46-,50-/m1/s1. The van der Waals surface area contributed by atoms with Crippen LogP contribution in [-0.2, 0) is 33.4 Å². The molecule has 0 radical (unpaired) electrons. The summed E-state index contributed by atoms with van der Waals surface area (Å²) in [6.45, 7) is 11.5. The highest BCUT2D eigenvalue weighted by Crippen LogP contribution is 2.38. The van der Waals surface area contributed by atoms with Gasteiger partial charge in [-0.3, -0.25) is 19.2 Å². The Morgan fingerprint density at radius 1 is 0.844 bits per heavy atom. The smallest absolute Gasteiger partial charge is 0.329 e. The van der Waals surface area contributed by atoms with E-state index in [2.05, 4.69) is 0 Å². The molecule has 4 rings (SSSR count). The summed E-state index contributed by atoms with van der Waals surface area (Å²) >= 11 is 0. The second kappa shape index (κ2) is 24.4. The first-order valence-electron chi connectivity index (χ1n) is 23.7. The van der Waals surface area contributed by atoms with E-state index < -0.39 is 90.3 Å². The summed E-state index contributed by atoms with van der Waals surface area (Å²) in [4.78, 5) is 71.3. The van der Waals surface area contributed by atoms with Crippen LogP contribution in [0.25, 0.3) is 0 Å². The molecule has 3 fully saturated rings. The van der Waals surface area contributed by atoms with E-state index in [1.165, 1.54) is 0 Å². The van der Waals surface area contributed by atoms with Crippen LogP contribution < -0.4 is 0 Å². The maximum absolute atomic E-state index is 14.3. The minimum absolute atomic E-state index is 0.0359. The van der Waals surface area contributed by atoms with Gasteiger partial charge in [-0.05, 0) is 107 Å². The van der Waals surface area contributed by atoms with Gasteiger partial charge in [0.15, 0.2) is 0 Å². The van der Waals surface area contributed by atoms with Crippen molar-refractivity contribution >= 4 is 29.2 Å².